The molecule has 0 radical (unpaired) electrons. The summed E-state index contributed by atoms with van der Waals surface area (Å²) < 4.78 is 5.18. The minimum absolute atomic E-state index is 0.486. The Hall–Kier alpha value is -0.730. The van der Waals surface area contributed by atoms with E-state index in [1.807, 2.05) is 30.3 Å². The van der Waals surface area contributed by atoms with Crippen LogP contribution in [0, 0.1) is 0 Å². The topological polar surface area (TPSA) is 9.23 Å². The molecule has 0 bridgehead atoms. The van der Waals surface area contributed by atoms with Crippen molar-refractivity contribution in [3.8, 4) is 11.1 Å². The van der Waals surface area contributed by atoms with Gasteiger partial charge < -0.3 is 4.74 Å². The molecule has 0 saturated carbocycles. The maximum Gasteiger partial charge on any atom is 0.0719 e. The maximum atomic E-state index is 6.02. The summed E-state index contributed by atoms with van der Waals surface area (Å²) in [7, 11) is 1.65. The SMILES string of the molecule is COCc1cc(Cl)ccc1-c1cc(Cl)cc(Cl)c1. The first kappa shape index (κ1) is 13.7. The van der Waals surface area contributed by atoms with E-state index in [-0.39, 0.29) is 0 Å². The van der Waals surface area contributed by atoms with Crippen LogP contribution in [0.3, 0.4) is 0 Å². The number of hydrogen-bond acceptors (Lipinski definition) is 1. The highest BCUT2D eigenvalue weighted by atomic mass is 35.5. The van der Waals surface area contributed by atoms with Crippen LogP contribution in [0.25, 0.3) is 11.1 Å². The van der Waals surface area contributed by atoms with Crippen molar-refractivity contribution < 1.29 is 4.74 Å². The van der Waals surface area contributed by atoms with Gasteiger partial charge in [-0.2, -0.15) is 0 Å². The lowest BCUT2D eigenvalue weighted by molar-refractivity contribution is 0.185. The number of ether oxygens (including phenoxy) is 1. The van der Waals surface area contributed by atoms with Crippen molar-refractivity contribution in [1.82, 2.24) is 0 Å². The minimum Gasteiger partial charge on any atom is -0.380 e. The zero-order valence-corrected chi connectivity index (χ0v) is 12.0. The number of hydrogen-bond donors (Lipinski definition) is 0. The van der Waals surface area contributed by atoms with Gasteiger partial charge >= 0.3 is 0 Å². The normalized spacial score (nSPS) is 10.7. The van der Waals surface area contributed by atoms with Gasteiger partial charge in [0.15, 0.2) is 0 Å². The third-order valence-electron chi connectivity index (χ3n) is 2.54. The largest absolute Gasteiger partial charge is 0.380 e. The van der Waals surface area contributed by atoms with Crippen LogP contribution in [-0.2, 0) is 11.3 Å². The smallest absolute Gasteiger partial charge is 0.0719 e. The van der Waals surface area contributed by atoms with E-state index in [1.54, 1.807) is 13.2 Å². The average molecular weight is 302 g/mol. The minimum atomic E-state index is 0.486. The van der Waals surface area contributed by atoms with Crippen LogP contribution >= 0.6 is 34.8 Å². The lowest BCUT2D eigenvalue weighted by Gasteiger charge is -2.10. The molecule has 0 aliphatic carbocycles. The van der Waals surface area contributed by atoms with Gasteiger partial charge in [-0.3, -0.25) is 0 Å². The molecule has 0 aliphatic rings. The molecule has 2 rings (SSSR count). The van der Waals surface area contributed by atoms with Gasteiger partial charge in [-0.05, 0) is 47.0 Å². The summed E-state index contributed by atoms with van der Waals surface area (Å²) in [6.07, 6.45) is 0. The van der Waals surface area contributed by atoms with Crippen LogP contribution < -0.4 is 0 Å². The van der Waals surface area contributed by atoms with E-state index in [0.29, 0.717) is 21.7 Å². The molecule has 2 aromatic carbocycles. The summed E-state index contributed by atoms with van der Waals surface area (Å²) in [4.78, 5) is 0. The molecule has 0 fully saturated rings. The number of benzene rings is 2. The molecule has 0 aromatic heterocycles. The second kappa shape index (κ2) is 5.94. The molecule has 4 heteroatoms. The predicted molar refractivity (Wildman–Crippen MR) is 77.6 cm³/mol. The summed E-state index contributed by atoms with van der Waals surface area (Å²) in [5, 5.41) is 1.89. The molecule has 1 nitrogen and oxygen atoms in total. The number of halogens is 3. The second-order valence-corrected chi connectivity index (χ2v) is 5.20. The van der Waals surface area contributed by atoms with Crippen LogP contribution in [0.4, 0.5) is 0 Å². The Bertz CT molecular complexity index is 547. The lowest BCUT2D eigenvalue weighted by atomic mass is 10.0. The van der Waals surface area contributed by atoms with Gasteiger partial charge in [0.2, 0.25) is 0 Å². The zero-order valence-electron chi connectivity index (χ0n) is 9.71. The molecule has 0 unspecified atom stereocenters. The quantitative estimate of drug-likeness (QED) is 0.731. The van der Waals surface area contributed by atoms with E-state index in [1.165, 1.54) is 0 Å². The van der Waals surface area contributed by atoms with Crippen molar-refractivity contribution in [3.05, 3.63) is 57.0 Å². The van der Waals surface area contributed by atoms with Gasteiger partial charge in [0.1, 0.15) is 0 Å². The van der Waals surface area contributed by atoms with Gasteiger partial charge in [0.05, 0.1) is 6.61 Å². The highest BCUT2D eigenvalue weighted by molar-refractivity contribution is 6.35. The summed E-state index contributed by atoms with van der Waals surface area (Å²) in [5.74, 6) is 0. The van der Waals surface area contributed by atoms with Gasteiger partial charge in [0.25, 0.3) is 0 Å². The zero-order chi connectivity index (χ0) is 13.1. The Kier molecular flexibility index (Phi) is 4.52. The van der Waals surface area contributed by atoms with Crippen molar-refractivity contribution in [2.75, 3.05) is 7.11 Å². The van der Waals surface area contributed by atoms with Crippen LogP contribution in [0.15, 0.2) is 36.4 Å². The maximum absolute atomic E-state index is 6.02. The molecule has 0 heterocycles. The Morgan fingerprint density at radius 1 is 0.889 bits per heavy atom. The first-order valence-electron chi connectivity index (χ1n) is 5.34. The fourth-order valence-electron chi connectivity index (χ4n) is 1.83. The van der Waals surface area contributed by atoms with Gasteiger partial charge in [-0.1, -0.05) is 40.9 Å². The van der Waals surface area contributed by atoms with Crippen LogP contribution in [0.2, 0.25) is 15.1 Å². The average Bonchev–Trinajstić information content (AvgIpc) is 2.28. The third-order valence-corrected chi connectivity index (χ3v) is 3.21. The first-order chi connectivity index (χ1) is 8.60. The Morgan fingerprint density at radius 2 is 1.56 bits per heavy atom. The summed E-state index contributed by atoms with van der Waals surface area (Å²) in [6, 6.07) is 11.1. The van der Waals surface area contributed by atoms with E-state index in [2.05, 4.69) is 0 Å². The van der Waals surface area contributed by atoms with Crippen LogP contribution in [0.1, 0.15) is 5.56 Å². The fourth-order valence-corrected chi connectivity index (χ4v) is 2.55. The Morgan fingerprint density at radius 3 is 2.17 bits per heavy atom. The number of rotatable bonds is 3. The highest BCUT2D eigenvalue weighted by Crippen LogP contribution is 2.31. The summed E-state index contributed by atoms with van der Waals surface area (Å²) >= 11 is 18.0. The molecule has 0 saturated heterocycles. The third kappa shape index (κ3) is 3.18. The highest BCUT2D eigenvalue weighted by Gasteiger charge is 2.08. The molecule has 0 aliphatic heterocycles. The molecule has 0 spiro atoms. The van der Waals surface area contributed by atoms with Gasteiger partial charge in [-0.25, -0.2) is 0 Å². The van der Waals surface area contributed by atoms with Gasteiger partial charge in [-0.15, -0.1) is 0 Å². The van der Waals surface area contributed by atoms with Crippen molar-refractivity contribution in [2.45, 2.75) is 6.61 Å². The summed E-state index contributed by atoms with van der Waals surface area (Å²) in [6.45, 7) is 0.486. The van der Waals surface area contributed by atoms with Gasteiger partial charge in [0, 0.05) is 22.2 Å². The molecule has 0 atom stereocenters. The lowest BCUT2D eigenvalue weighted by Crippen LogP contribution is -1.92. The van der Waals surface area contributed by atoms with Crippen molar-refractivity contribution >= 4 is 34.8 Å². The second-order valence-electron chi connectivity index (χ2n) is 3.89. The standard InChI is InChI=1S/C14H11Cl3O/c1-18-8-10-6-11(15)2-3-14(10)9-4-12(16)7-13(17)5-9/h2-7H,8H2,1H3. The van der Waals surface area contributed by atoms with Crippen LogP contribution in [-0.4, -0.2) is 7.11 Å². The van der Waals surface area contributed by atoms with E-state index in [4.69, 9.17) is 39.5 Å². The molecule has 0 N–H and O–H groups in total. The summed E-state index contributed by atoms with van der Waals surface area (Å²) in [5.41, 5.74) is 2.98. The van der Waals surface area contributed by atoms with Crippen molar-refractivity contribution in [2.24, 2.45) is 0 Å². The molecular formula is C14H11Cl3O. The van der Waals surface area contributed by atoms with Crippen molar-refractivity contribution in [3.63, 3.8) is 0 Å². The molecular weight excluding hydrogens is 291 g/mol. The molecule has 94 valence electrons. The fraction of sp³-hybridized carbons (Fsp3) is 0.143. The number of methoxy groups -OCH3 is 1. The first-order valence-corrected chi connectivity index (χ1v) is 6.47. The molecule has 0 amide bonds. The Labute approximate surface area is 121 Å². The molecule has 2 aromatic rings. The predicted octanol–water partition coefficient (Wildman–Crippen LogP) is 5.46. The van der Waals surface area contributed by atoms with Crippen LogP contribution in [0.5, 0.6) is 0 Å². The van der Waals surface area contributed by atoms with Crippen molar-refractivity contribution in [1.29, 1.82) is 0 Å². The Balaban J connectivity index is 2.55. The van der Waals surface area contributed by atoms with E-state index in [0.717, 1.165) is 16.7 Å². The molecule has 18 heavy (non-hydrogen) atoms. The van der Waals surface area contributed by atoms with E-state index < -0.39 is 0 Å². The monoisotopic (exact) mass is 300 g/mol. The van der Waals surface area contributed by atoms with E-state index in [9.17, 15) is 0 Å². The van der Waals surface area contributed by atoms with E-state index >= 15 is 0 Å².